The van der Waals surface area contributed by atoms with Crippen molar-refractivity contribution in [1.82, 2.24) is 10.2 Å². The van der Waals surface area contributed by atoms with Crippen LogP contribution in [0.4, 0.5) is 10.1 Å². The molecule has 7 nitrogen and oxygen atoms in total. The number of aliphatic hydroxyl groups excluding tert-OH is 1. The van der Waals surface area contributed by atoms with Gasteiger partial charge >= 0.3 is 0 Å². The molecule has 4 saturated heterocycles. The van der Waals surface area contributed by atoms with Crippen molar-refractivity contribution in [3.8, 4) is 0 Å². The fourth-order valence-electron chi connectivity index (χ4n) is 6.48. The van der Waals surface area contributed by atoms with Crippen molar-refractivity contribution >= 4 is 17.5 Å². The summed E-state index contributed by atoms with van der Waals surface area (Å²) >= 11 is 0. The fraction of sp³-hybridized carbons (Fsp3) is 0.692. The van der Waals surface area contributed by atoms with Crippen molar-refractivity contribution in [3.63, 3.8) is 0 Å². The van der Waals surface area contributed by atoms with Crippen LogP contribution < -0.4 is 10.2 Å². The van der Waals surface area contributed by atoms with E-state index < -0.39 is 5.92 Å². The number of carbonyl (C=O) groups excluding carboxylic acids is 2. The van der Waals surface area contributed by atoms with Gasteiger partial charge in [-0.05, 0) is 68.1 Å². The number of nitrogens with zero attached hydrogens (tertiary/aromatic N) is 2. The molecule has 4 aliphatic heterocycles. The van der Waals surface area contributed by atoms with Gasteiger partial charge < -0.3 is 14.7 Å². The van der Waals surface area contributed by atoms with Gasteiger partial charge in [-0.2, -0.15) is 0 Å². The second-order valence-corrected chi connectivity index (χ2v) is 10.5. The number of morpholine rings is 1. The predicted octanol–water partition coefficient (Wildman–Crippen LogP) is 2.42. The quantitative estimate of drug-likeness (QED) is 0.618. The molecule has 4 heterocycles. The van der Waals surface area contributed by atoms with E-state index in [9.17, 15) is 14.7 Å². The molecule has 0 saturated carbocycles. The van der Waals surface area contributed by atoms with Gasteiger partial charge in [0, 0.05) is 44.7 Å². The van der Waals surface area contributed by atoms with Crippen molar-refractivity contribution in [2.24, 2.45) is 11.8 Å². The molecule has 0 aromatic heterocycles. The minimum atomic E-state index is -0.461. The Morgan fingerprint density at radius 3 is 2.44 bits per heavy atom. The number of imide groups is 1. The molecule has 3 unspecified atom stereocenters. The smallest absolute Gasteiger partial charge is 0.234 e. The first kappa shape index (κ1) is 23.7. The minimum absolute atomic E-state index is 0.258. The van der Waals surface area contributed by atoms with Crippen LogP contribution in [-0.4, -0.2) is 73.4 Å². The number of halogens is 1. The highest BCUT2D eigenvalue weighted by Gasteiger charge is 2.40. The van der Waals surface area contributed by atoms with Gasteiger partial charge in [-0.3, -0.25) is 19.8 Å². The Balaban J connectivity index is 1.16. The lowest BCUT2D eigenvalue weighted by Crippen LogP contribution is -2.58. The van der Waals surface area contributed by atoms with E-state index in [2.05, 4.69) is 15.1 Å². The number of benzene rings is 1. The summed E-state index contributed by atoms with van der Waals surface area (Å²) in [5.41, 5.74) is 1.24. The van der Waals surface area contributed by atoms with Crippen molar-refractivity contribution in [2.45, 2.75) is 62.9 Å². The number of amides is 2. The third-order valence-corrected chi connectivity index (χ3v) is 8.34. The molecule has 2 amide bonds. The van der Waals surface area contributed by atoms with Gasteiger partial charge in [-0.1, -0.05) is 6.07 Å². The first-order valence-electron chi connectivity index (χ1n) is 12.8. The first-order valence-corrected chi connectivity index (χ1v) is 12.8. The number of hydrogen-bond donors (Lipinski definition) is 2. The van der Waals surface area contributed by atoms with Crippen LogP contribution in [0.2, 0.25) is 0 Å². The molecule has 2 bridgehead atoms. The lowest BCUT2D eigenvalue weighted by atomic mass is 9.82. The van der Waals surface area contributed by atoms with Crippen LogP contribution in [0.5, 0.6) is 0 Å². The summed E-state index contributed by atoms with van der Waals surface area (Å²) < 4.78 is 20.9. The monoisotopic (exact) mass is 473 g/mol. The molecular formula is C26H36FN3O4. The van der Waals surface area contributed by atoms with Crippen LogP contribution in [0.1, 0.15) is 56.4 Å². The summed E-state index contributed by atoms with van der Waals surface area (Å²) in [5.74, 6) is -0.144. The van der Waals surface area contributed by atoms with Gasteiger partial charge in [0.25, 0.3) is 0 Å². The fourth-order valence-corrected chi connectivity index (χ4v) is 6.48. The van der Waals surface area contributed by atoms with Crippen molar-refractivity contribution in [1.29, 1.82) is 0 Å². The number of hydrogen-bond acceptors (Lipinski definition) is 6. The van der Waals surface area contributed by atoms with E-state index >= 15 is 4.39 Å². The van der Waals surface area contributed by atoms with E-state index in [1.807, 2.05) is 6.07 Å². The van der Waals surface area contributed by atoms with Gasteiger partial charge in [0.15, 0.2) is 0 Å². The molecular weight excluding hydrogens is 437 g/mol. The average Bonchev–Trinajstić information content (AvgIpc) is 2.80. The summed E-state index contributed by atoms with van der Waals surface area (Å²) in [4.78, 5) is 28.3. The SMILES string of the molecule is O=C1CCC(c2ccc(N3CCC(CN4C5COCC4CC(CCO)C5)CC3)c(F)c2)C(=O)N1. The standard InChI is InChI=1S/C26H36FN3O4/c27-23-13-19(22-2-4-25(32)28-26(22)33)1-3-24(23)29-8-5-17(6-9-29)14-30-20-11-18(7-10-31)12-21(30)16-34-15-20/h1,3,13,17-18,20-22,31H,2,4-12,14-16H2,(H,28,32,33). The molecule has 2 N–H and O–H groups in total. The zero-order valence-corrected chi connectivity index (χ0v) is 19.8. The lowest BCUT2D eigenvalue weighted by molar-refractivity contribution is -0.134. The van der Waals surface area contributed by atoms with Crippen molar-refractivity contribution < 1.29 is 23.8 Å². The number of anilines is 1. The summed E-state index contributed by atoms with van der Waals surface area (Å²) in [6.45, 7) is 4.59. The van der Waals surface area contributed by atoms with E-state index in [1.165, 1.54) is 6.07 Å². The zero-order chi connectivity index (χ0) is 23.7. The molecule has 186 valence electrons. The normalized spacial score (nSPS) is 30.9. The molecule has 0 spiro atoms. The minimum Gasteiger partial charge on any atom is -0.396 e. The number of rotatable bonds is 6. The topological polar surface area (TPSA) is 82.1 Å². The Morgan fingerprint density at radius 2 is 1.79 bits per heavy atom. The summed E-state index contributed by atoms with van der Waals surface area (Å²) in [7, 11) is 0. The van der Waals surface area contributed by atoms with E-state index in [0.717, 1.165) is 65.0 Å². The average molecular weight is 474 g/mol. The maximum absolute atomic E-state index is 15.0. The van der Waals surface area contributed by atoms with Crippen LogP contribution in [0.25, 0.3) is 0 Å². The van der Waals surface area contributed by atoms with E-state index in [4.69, 9.17) is 4.74 Å². The summed E-state index contributed by atoms with van der Waals surface area (Å²) in [6.07, 6.45) is 5.91. The molecule has 4 fully saturated rings. The third-order valence-electron chi connectivity index (χ3n) is 8.34. The number of piperidine rings is 3. The number of carbonyl (C=O) groups is 2. The maximum atomic E-state index is 15.0. The van der Waals surface area contributed by atoms with Crippen LogP contribution >= 0.6 is 0 Å². The first-order chi connectivity index (χ1) is 16.5. The van der Waals surface area contributed by atoms with Gasteiger partial charge in [0.05, 0.1) is 24.8 Å². The lowest BCUT2D eigenvalue weighted by Gasteiger charge is -2.50. The number of nitrogens with one attached hydrogen (secondary N) is 1. The van der Waals surface area contributed by atoms with Crippen molar-refractivity contribution in [3.05, 3.63) is 29.6 Å². The maximum Gasteiger partial charge on any atom is 0.234 e. The Labute approximate surface area is 200 Å². The molecule has 34 heavy (non-hydrogen) atoms. The predicted molar refractivity (Wildman–Crippen MR) is 126 cm³/mol. The summed E-state index contributed by atoms with van der Waals surface area (Å²) in [6, 6.07) is 6.02. The second-order valence-electron chi connectivity index (χ2n) is 10.5. The third kappa shape index (κ3) is 4.99. The van der Waals surface area contributed by atoms with Gasteiger partial charge in [0.1, 0.15) is 5.82 Å². The number of aliphatic hydroxyl groups is 1. The van der Waals surface area contributed by atoms with Gasteiger partial charge in [-0.25, -0.2) is 4.39 Å². The molecule has 8 heteroatoms. The van der Waals surface area contributed by atoms with E-state index in [0.29, 0.717) is 48.0 Å². The highest BCUT2D eigenvalue weighted by Crippen LogP contribution is 2.36. The van der Waals surface area contributed by atoms with Gasteiger partial charge in [-0.15, -0.1) is 0 Å². The molecule has 1 aromatic rings. The highest BCUT2D eigenvalue weighted by molar-refractivity contribution is 6.00. The van der Waals surface area contributed by atoms with Crippen LogP contribution in [0.15, 0.2) is 18.2 Å². The van der Waals surface area contributed by atoms with E-state index in [1.54, 1.807) is 6.07 Å². The van der Waals surface area contributed by atoms with Crippen LogP contribution in [0.3, 0.4) is 0 Å². The largest absolute Gasteiger partial charge is 0.396 e. The number of fused-ring (bicyclic) bond motifs is 2. The van der Waals surface area contributed by atoms with Crippen LogP contribution in [-0.2, 0) is 14.3 Å². The Morgan fingerprint density at radius 1 is 1.06 bits per heavy atom. The van der Waals surface area contributed by atoms with Crippen LogP contribution in [0, 0.1) is 17.7 Å². The molecule has 1 aromatic carbocycles. The molecule has 4 aliphatic rings. The molecule has 3 atom stereocenters. The Bertz CT molecular complexity index is 890. The summed E-state index contributed by atoms with van der Waals surface area (Å²) in [5, 5.41) is 11.7. The van der Waals surface area contributed by atoms with Crippen molar-refractivity contribution in [2.75, 3.05) is 44.4 Å². The second kappa shape index (κ2) is 10.3. The van der Waals surface area contributed by atoms with E-state index in [-0.39, 0.29) is 24.2 Å². The Kier molecular flexibility index (Phi) is 7.18. The molecule has 0 aliphatic carbocycles. The highest BCUT2D eigenvalue weighted by atomic mass is 19.1. The number of ether oxygens (including phenoxy) is 1. The zero-order valence-electron chi connectivity index (χ0n) is 19.8. The Hall–Kier alpha value is -2.03. The molecule has 0 radical (unpaired) electrons. The molecule has 5 rings (SSSR count). The van der Waals surface area contributed by atoms with Gasteiger partial charge in [0.2, 0.25) is 11.8 Å².